The molecule has 0 radical (unpaired) electrons. The summed E-state index contributed by atoms with van der Waals surface area (Å²) in [6.07, 6.45) is 1.10. The van der Waals surface area contributed by atoms with Crippen molar-refractivity contribution in [2.45, 2.75) is 20.3 Å². The molecule has 1 nitrogen and oxygen atoms in total. The van der Waals surface area contributed by atoms with E-state index in [0.29, 0.717) is 17.0 Å². The Bertz CT molecular complexity index is 120. The summed E-state index contributed by atoms with van der Waals surface area (Å²) in [7, 11) is 0. The van der Waals surface area contributed by atoms with Crippen molar-refractivity contribution < 1.29 is 4.79 Å². The number of carbonyl (C=O) groups excluding carboxylic acids is 1. The van der Waals surface area contributed by atoms with Gasteiger partial charge in [0.05, 0.1) is 0 Å². The van der Waals surface area contributed by atoms with Crippen molar-refractivity contribution in [3.8, 4) is 0 Å². The second kappa shape index (κ2) is 2.74. The van der Waals surface area contributed by atoms with E-state index in [2.05, 4.69) is 13.8 Å². The standard InChI is InChI=1S/C7H12OS/c1-5(2)6-3-4-9-7(6)8/h5-6H,3-4H2,1-2H3/t6-/m0/s1. The Morgan fingerprint density at radius 2 is 2.33 bits per heavy atom. The maximum absolute atomic E-state index is 11.0. The van der Waals surface area contributed by atoms with Gasteiger partial charge in [0.25, 0.3) is 0 Å². The largest absolute Gasteiger partial charge is 0.287 e. The van der Waals surface area contributed by atoms with Gasteiger partial charge in [-0.2, -0.15) is 0 Å². The first-order chi connectivity index (χ1) is 4.22. The van der Waals surface area contributed by atoms with Crippen LogP contribution < -0.4 is 0 Å². The van der Waals surface area contributed by atoms with Crippen LogP contribution in [0.4, 0.5) is 0 Å². The lowest BCUT2D eigenvalue weighted by atomic mass is 9.95. The molecule has 9 heavy (non-hydrogen) atoms. The first kappa shape index (κ1) is 7.13. The maximum Gasteiger partial charge on any atom is 0.192 e. The Kier molecular flexibility index (Phi) is 2.17. The fraction of sp³-hybridized carbons (Fsp3) is 0.857. The first-order valence-corrected chi connectivity index (χ1v) is 4.37. The predicted octanol–water partition coefficient (Wildman–Crippen LogP) is 1.92. The second-order valence-corrected chi connectivity index (χ2v) is 3.91. The summed E-state index contributed by atoms with van der Waals surface area (Å²) < 4.78 is 0. The van der Waals surface area contributed by atoms with Gasteiger partial charge in [-0.1, -0.05) is 25.6 Å². The van der Waals surface area contributed by atoms with Gasteiger partial charge in [0.15, 0.2) is 5.12 Å². The summed E-state index contributed by atoms with van der Waals surface area (Å²) in [5, 5.41) is 0.407. The van der Waals surface area contributed by atoms with Gasteiger partial charge in [0.2, 0.25) is 0 Å². The molecule has 1 aliphatic heterocycles. The van der Waals surface area contributed by atoms with Crippen LogP contribution in [-0.2, 0) is 4.79 Å². The highest BCUT2D eigenvalue weighted by atomic mass is 32.2. The van der Waals surface area contributed by atoms with Crippen LogP contribution in [0.3, 0.4) is 0 Å². The number of hydrogen-bond acceptors (Lipinski definition) is 2. The van der Waals surface area contributed by atoms with Crippen LogP contribution in [-0.4, -0.2) is 10.9 Å². The van der Waals surface area contributed by atoms with Crippen molar-refractivity contribution in [3.63, 3.8) is 0 Å². The normalized spacial score (nSPS) is 27.9. The van der Waals surface area contributed by atoms with Crippen LogP contribution in [0.15, 0.2) is 0 Å². The molecule has 1 rings (SSSR count). The molecular formula is C7H12OS. The Morgan fingerprint density at radius 1 is 1.67 bits per heavy atom. The van der Waals surface area contributed by atoms with Crippen LogP contribution in [0, 0.1) is 11.8 Å². The SMILES string of the molecule is CC(C)[C@@H]1CCSC1=O. The van der Waals surface area contributed by atoms with Gasteiger partial charge < -0.3 is 0 Å². The maximum atomic E-state index is 11.0. The highest BCUT2D eigenvalue weighted by Crippen LogP contribution is 2.30. The molecule has 0 spiro atoms. The molecule has 52 valence electrons. The summed E-state index contributed by atoms with van der Waals surface area (Å²) in [4.78, 5) is 11.0. The quantitative estimate of drug-likeness (QED) is 0.559. The van der Waals surface area contributed by atoms with Crippen LogP contribution in [0.2, 0.25) is 0 Å². The minimum Gasteiger partial charge on any atom is -0.287 e. The molecular weight excluding hydrogens is 132 g/mol. The van der Waals surface area contributed by atoms with Gasteiger partial charge in [0, 0.05) is 11.7 Å². The molecule has 0 aromatic rings. The number of carbonyl (C=O) groups is 1. The Morgan fingerprint density at radius 3 is 2.56 bits per heavy atom. The lowest BCUT2D eigenvalue weighted by Gasteiger charge is -2.09. The zero-order valence-corrected chi connectivity index (χ0v) is 6.70. The van der Waals surface area contributed by atoms with Gasteiger partial charge in [-0.05, 0) is 12.3 Å². The van der Waals surface area contributed by atoms with Gasteiger partial charge in [-0.3, -0.25) is 4.79 Å². The molecule has 0 saturated carbocycles. The summed E-state index contributed by atoms with van der Waals surface area (Å²) >= 11 is 1.49. The number of thioether (sulfide) groups is 1. The van der Waals surface area contributed by atoms with Crippen LogP contribution >= 0.6 is 11.8 Å². The van der Waals surface area contributed by atoms with E-state index in [1.165, 1.54) is 11.8 Å². The van der Waals surface area contributed by atoms with E-state index in [1.807, 2.05) is 0 Å². The molecule has 1 saturated heterocycles. The van der Waals surface area contributed by atoms with E-state index in [9.17, 15) is 4.79 Å². The third-order valence-corrected chi connectivity index (χ3v) is 2.81. The predicted molar refractivity (Wildman–Crippen MR) is 40.4 cm³/mol. The number of rotatable bonds is 1. The van der Waals surface area contributed by atoms with E-state index in [4.69, 9.17) is 0 Å². The molecule has 1 fully saturated rings. The van der Waals surface area contributed by atoms with Gasteiger partial charge in [-0.15, -0.1) is 0 Å². The molecule has 0 bridgehead atoms. The van der Waals surface area contributed by atoms with E-state index in [1.54, 1.807) is 0 Å². The summed E-state index contributed by atoms with van der Waals surface area (Å²) in [6, 6.07) is 0. The zero-order chi connectivity index (χ0) is 6.85. The zero-order valence-electron chi connectivity index (χ0n) is 5.89. The van der Waals surface area contributed by atoms with E-state index >= 15 is 0 Å². The minimum absolute atomic E-state index is 0.356. The molecule has 1 aliphatic rings. The Hall–Kier alpha value is 0.0200. The van der Waals surface area contributed by atoms with Gasteiger partial charge in [0.1, 0.15) is 0 Å². The molecule has 0 unspecified atom stereocenters. The highest BCUT2D eigenvalue weighted by molar-refractivity contribution is 8.14. The Balaban J connectivity index is 2.49. The molecule has 0 aromatic heterocycles. The average Bonchev–Trinajstić information content (AvgIpc) is 2.13. The molecule has 0 aromatic carbocycles. The molecule has 0 amide bonds. The lowest BCUT2D eigenvalue weighted by Crippen LogP contribution is -2.11. The number of hydrogen-bond donors (Lipinski definition) is 0. The summed E-state index contributed by atoms with van der Waals surface area (Å²) in [5.41, 5.74) is 0. The topological polar surface area (TPSA) is 17.1 Å². The summed E-state index contributed by atoms with van der Waals surface area (Å²) in [6.45, 7) is 4.24. The average molecular weight is 144 g/mol. The lowest BCUT2D eigenvalue weighted by molar-refractivity contribution is -0.114. The van der Waals surface area contributed by atoms with Crippen molar-refractivity contribution >= 4 is 16.9 Å². The fourth-order valence-corrected chi connectivity index (χ4v) is 2.29. The van der Waals surface area contributed by atoms with Crippen molar-refractivity contribution in [3.05, 3.63) is 0 Å². The third-order valence-electron chi connectivity index (χ3n) is 1.78. The van der Waals surface area contributed by atoms with Gasteiger partial charge in [-0.25, -0.2) is 0 Å². The smallest absolute Gasteiger partial charge is 0.192 e. The molecule has 1 atom stereocenters. The third kappa shape index (κ3) is 1.48. The van der Waals surface area contributed by atoms with Crippen LogP contribution in [0.25, 0.3) is 0 Å². The van der Waals surface area contributed by atoms with E-state index in [-0.39, 0.29) is 0 Å². The molecule has 0 N–H and O–H groups in total. The van der Waals surface area contributed by atoms with Crippen LogP contribution in [0.1, 0.15) is 20.3 Å². The molecule has 1 heterocycles. The van der Waals surface area contributed by atoms with Crippen molar-refractivity contribution in [2.24, 2.45) is 11.8 Å². The van der Waals surface area contributed by atoms with Crippen molar-refractivity contribution in [2.75, 3.05) is 5.75 Å². The second-order valence-electron chi connectivity index (χ2n) is 2.81. The monoisotopic (exact) mass is 144 g/mol. The molecule has 2 heteroatoms. The first-order valence-electron chi connectivity index (χ1n) is 3.38. The highest BCUT2D eigenvalue weighted by Gasteiger charge is 2.27. The van der Waals surface area contributed by atoms with Crippen LogP contribution in [0.5, 0.6) is 0 Å². The minimum atomic E-state index is 0.356. The van der Waals surface area contributed by atoms with Crippen molar-refractivity contribution in [1.82, 2.24) is 0 Å². The molecule has 0 aliphatic carbocycles. The van der Waals surface area contributed by atoms with E-state index in [0.717, 1.165) is 12.2 Å². The fourth-order valence-electron chi connectivity index (χ4n) is 1.12. The summed E-state index contributed by atoms with van der Waals surface area (Å²) in [5.74, 6) is 1.95. The van der Waals surface area contributed by atoms with Gasteiger partial charge >= 0.3 is 0 Å². The Labute approximate surface area is 60.2 Å². The van der Waals surface area contributed by atoms with E-state index < -0.39 is 0 Å². The van der Waals surface area contributed by atoms with Crippen molar-refractivity contribution in [1.29, 1.82) is 0 Å².